The highest BCUT2D eigenvalue weighted by atomic mass is 35.5. The number of aromatic nitrogens is 4. The molecule has 2 rings (SSSR count). The maximum Gasteiger partial charge on any atom is 0.280 e. The molecule has 0 aliphatic heterocycles. The molecule has 0 atom stereocenters. The van der Waals surface area contributed by atoms with Gasteiger partial charge in [0.2, 0.25) is 5.28 Å². The summed E-state index contributed by atoms with van der Waals surface area (Å²) in [6, 6.07) is 2.78. The summed E-state index contributed by atoms with van der Waals surface area (Å²) in [5.41, 5.74) is 0. The number of hydrogen-bond donors (Lipinski definition) is 1. The largest absolute Gasteiger partial charge is 0.280 e. The number of halogens is 1. The summed E-state index contributed by atoms with van der Waals surface area (Å²) in [6.07, 6.45) is 2.75. The van der Waals surface area contributed by atoms with Crippen molar-refractivity contribution in [2.24, 2.45) is 7.05 Å². The van der Waals surface area contributed by atoms with Crippen molar-refractivity contribution >= 4 is 27.4 Å². The first-order valence-corrected chi connectivity index (χ1v) is 6.34. The fourth-order valence-corrected chi connectivity index (χ4v) is 2.48. The fourth-order valence-electron chi connectivity index (χ4n) is 1.21. The number of sulfonamides is 1. The van der Waals surface area contributed by atoms with Crippen LogP contribution < -0.4 is 4.72 Å². The molecular weight excluding hydrogens is 266 g/mol. The van der Waals surface area contributed by atoms with Gasteiger partial charge in [-0.25, -0.2) is 4.98 Å². The Hall–Kier alpha value is -1.67. The SMILES string of the molecule is Cn1nccc1S(=O)(=O)Nc1ccnc(Cl)n1. The van der Waals surface area contributed by atoms with Crippen LogP contribution in [0.5, 0.6) is 0 Å². The van der Waals surface area contributed by atoms with Gasteiger partial charge in [-0.05, 0) is 23.7 Å². The van der Waals surface area contributed by atoms with Gasteiger partial charge in [0.05, 0.1) is 6.20 Å². The molecule has 0 aliphatic carbocycles. The molecular formula is C8H8ClN5O2S. The van der Waals surface area contributed by atoms with E-state index in [1.54, 1.807) is 0 Å². The van der Waals surface area contributed by atoms with Crippen LogP contribution in [-0.4, -0.2) is 28.2 Å². The zero-order valence-electron chi connectivity index (χ0n) is 8.70. The van der Waals surface area contributed by atoms with Crippen LogP contribution in [0.2, 0.25) is 5.28 Å². The summed E-state index contributed by atoms with van der Waals surface area (Å²) < 4.78 is 27.4. The lowest BCUT2D eigenvalue weighted by molar-refractivity contribution is 0.582. The minimum Gasteiger partial charge on any atom is -0.262 e. The average molecular weight is 274 g/mol. The third-order valence-corrected chi connectivity index (χ3v) is 3.53. The Labute approximate surface area is 103 Å². The summed E-state index contributed by atoms with van der Waals surface area (Å²) in [5, 5.41) is 3.78. The minimum atomic E-state index is -3.72. The van der Waals surface area contributed by atoms with E-state index < -0.39 is 10.0 Å². The first-order chi connectivity index (χ1) is 7.99. The van der Waals surface area contributed by atoms with Gasteiger partial charge in [-0.15, -0.1) is 0 Å². The normalized spacial score (nSPS) is 11.4. The quantitative estimate of drug-likeness (QED) is 0.830. The Morgan fingerprint density at radius 1 is 1.35 bits per heavy atom. The van der Waals surface area contributed by atoms with E-state index >= 15 is 0 Å². The van der Waals surface area contributed by atoms with Crippen LogP contribution >= 0.6 is 11.6 Å². The summed E-state index contributed by atoms with van der Waals surface area (Å²) >= 11 is 5.56. The molecule has 2 heterocycles. The molecule has 0 bridgehead atoms. The molecule has 7 nitrogen and oxygen atoms in total. The van der Waals surface area contributed by atoms with E-state index in [0.29, 0.717) is 0 Å². The number of nitrogens with zero attached hydrogens (tertiary/aromatic N) is 4. The highest BCUT2D eigenvalue weighted by molar-refractivity contribution is 7.92. The van der Waals surface area contributed by atoms with Gasteiger partial charge < -0.3 is 0 Å². The molecule has 0 spiro atoms. The molecule has 0 saturated carbocycles. The molecule has 17 heavy (non-hydrogen) atoms. The highest BCUT2D eigenvalue weighted by Gasteiger charge is 2.18. The zero-order valence-corrected chi connectivity index (χ0v) is 10.3. The second kappa shape index (κ2) is 4.30. The standard InChI is InChI=1S/C8H8ClN5O2S/c1-14-7(3-5-11-14)17(15,16)13-6-2-4-10-8(9)12-6/h2-5H,1H3,(H,10,12,13). The number of rotatable bonds is 3. The van der Waals surface area contributed by atoms with E-state index in [1.807, 2.05) is 0 Å². The van der Waals surface area contributed by atoms with Gasteiger partial charge in [0, 0.05) is 13.2 Å². The average Bonchev–Trinajstić information content (AvgIpc) is 2.64. The van der Waals surface area contributed by atoms with E-state index in [1.165, 1.54) is 36.3 Å². The molecule has 0 amide bonds. The lowest BCUT2D eigenvalue weighted by Crippen LogP contribution is -2.17. The molecule has 0 saturated heterocycles. The Morgan fingerprint density at radius 2 is 2.12 bits per heavy atom. The van der Waals surface area contributed by atoms with Crippen LogP contribution in [0.1, 0.15) is 0 Å². The smallest absolute Gasteiger partial charge is 0.262 e. The Balaban J connectivity index is 2.33. The van der Waals surface area contributed by atoms with Crippen LogP contribution in [0.3, 0.4) is 0 Å². The van der Waals surface area contributed by atoms with Crippen LogP contribution in [0.4, 0.5) is 5.82 Å². The minimum absolute atomic E-state index is 0.0322. The molecule has 0 aliphatic rings. The molecule has 0 fully saturated rings. The lowest BCUT2D eigenvalue weighted by atomic mass is 10.6. The van der Waals surface area contributed by atoms with Crippen LogP contribution in [0, 0.1) is 0 Å². The van der Waals surface area contributed by atoms with E-state index in [4.69, 9.17) is 11.6 Å². The fraction of sp³-hybridized carbons (Fsp3) is 0.125. The van der Waals surface area contributed by atoms with E-state index in [0.717, 1.165) is 0 Å². The first-order valence-electron chi connectivity index (χ1n) is 4.48. The molecule has 90 valence electrons. The molecule has 2 aromatic rings. The van der Waals surface area contributed by atoms with Crippen LogP contribution in [0.15, 0.2) is 29.6 Å². The van der Waals surface area contributed by atoms with E-state index in [2.05, 4.69) is 19.8 Å². The van der Waals surface area contributed by atoms with Crippen LogP contribution in [0.25, 0.3) is 0 Å². The van der Waals surface area contributed by atoms with Crippen molar-refractivity contribution in [2.75, 3.05) is 4.72 Å². The monoisotopic (exact) mass is 273 g/mol. The second-order valence-electron chi connectivity index (χ2n) is 3.11. The summed E-state index contributed by atoms with van der Waals surface area (Å²) in [6.45, 7) is 0. The number of anilines is 1. The zero-order chi connectivity index (χ0) is 12.5. The maximum atomic E-state index is 11.9. The van der Waals surface area contributed by atoms with Crippen LogP contribution in [-0.2, 0) is 17.1 Å². The Kier molecular flexibility index (Phi) is 2.99. The summed E-state index contributed by atoms with van der Waals surface area (Å²) in [7, 11) is -2.19. The Bertz CT molecular complexity index is 639. The van der Waals surface area contributed by atoms with Gasteiger partial charge >= 0.3 is 0 Å². The first kappa shape index (κ1) is 11.8. The van der Waals surface area contributed by atoms with Crippen molar-refractivity contribution in [1.82, 2.24) is 19.7 Å². The predicted octanol–water partition coefficient (Wildman–Crippen LogP) is 0.664. The Morgan fingerprint density at radius 3 is 2.71 bits per heavy atom. The van der Waals surface area contributed by atoms with Crippen molar-refractivity contribution in [3.05, 3.63) is 29.8 Å². The third-order valence-electron chi connectivity index (χ3n) is 1.92. The highest BCUT2D eigenvalue weighted by Crippen LogP contribution is 2.13. The van der Waals surface area contributed by atoms with Crippen molar-refractivity contribution in [2.45, 2.75) is 5.03 Å². The third kappa shape index (κ3) is 2.53. The van der Waals surface area contributed by atoms with Gasteiger partial charge in [0.15, 0.2) is 5.03 Å². The van der Waals surface area contributed by atoms with Crippen molar-refractivity contribution in [3.8, 4) is 0 Å². The van der Waals surface area contributed by atoms with E-state index in [9.17, 15) is 8.42 Å². The van der Waals surface area contributed by atoms with Crippen molar-refractivity contribution in [1.29, 1.82) is 0 Å². The summed E-state index contributed by atoms with van der Waals surface area (Å²) in [5.74, 6) is 0.103. The molecule has 1 N–H and O–H groups in total. The number of nitrogens with one attached hydrogen (secondary N) is 1. The molecule has 9 heteroatoms. The van der Waals surface area contributed by atoms with Gasteiger partial charge in [0.25, 0.3) is 10.0 Å². The molecule has 0 unspecified atom stereocenters. The second-order valence-corrected chi connectivity index (χ2v) is 5.08. The molecule has 2 aromatic heterocycles. The summed E-state index contributed by atoms with van der Waals surface area (Å²) in [4.78, 5) is 7.38. The number of hydrogen-bond acceptors (Lipinski definition) is 5. The topological polar surface area (TPSA) is 89.8 Å². The number of aryl methyl sites for hydroxylation is 1. The maximum absolute atomic E-state index is 11.9. The van der Waals surface area contributed by atoms with Crippen molar-refractivity contribution < 1.29 is 8.42 Å². The van der Waals surface area contributed by atoms with Gasteiger partial charge in [-0.1, -0.05) is 0 Å². The van der Waals surface area contributed by atoms with Gasteiger partial charge in [-0.3, -0.25) is 9.40 Å². The van der Waals surface area contributed by atoms with Crippen molar-refractivity contribution in [3.63, 3.8) is 0 Å². The van der Waals surface area contributed by atoms with Gasteiger partial charge in [-0.2, -0.15) is 18.5 Å². The molecule has 0 radical (unpaired) electrons. The lowest BCUT2D eigenvalue weighted by Gasteiger charge is -2.06. The predicted molar refractivity (Wildman–Crippen MR) is 61.1 cm³/mol. The van der Waals surface area contributed by atoms with E-state index in [-0.39, 0.29) is 16.1 Å². The van der Waals surface area contributed by atoms with Gasteiger partial charge in [0.1, 0.15) is 5.82 Å². The molecule has 0 aromatic carbocycles.